The van der Waals surface area contributed by atoms with Crippen molar-refractivity contribution >= 4 is 24.3 Å². The highest BCUT2D eigenvalue weighted by atomic mass is 35.5. The molecule has 1 aliphatic heterocycles. The van der Waals surface area contributed by atoms with Crippen LogP contribution >= 0.6 is 12.4 Å². The van der Waals surface area contributed by atoms with Crippen molar-refractivity contribution in [3.8, 4) is 0 Å². The summed E-state index contributed by atoms with van der Waals surface area (Å²) >= 11 is 0. The van der Waals surface area contributed by atoms with Crippen LogP contribution in [0.2, 0.25) is 0 Å². The molecule has 1 aliphatic rings. The molecule has 0 unspecified atom stereocenters. The predicted octanol–water partition coefficient (Wildman–Crippen LogP) is 2.58. The van der Waals surface area contributed by atoms with Gasteiger partial charge in [0.15, 0.2) is 0 Å². The first kappa shape index (κ1) is 21.2. The largest absolute Gasteiger partial charge is 0.480 e. The van der Waals surface area contributed by atoms with Crippen molar-refractivity contribution in [3.63, 3.8) is 0 Å². The number of halogens is 1. The van der Waals surface area contributed by atoms with Gasteiger partial charge in [-0.2, -0.15) is 0 Å². The summed E-state index contributed by atoms with van der Waals surface area (Å²) in [6.07, 6.45) is 4.65. The highest BCUT2D eigenvalue weighted by Crippen LogP contribution is 2.29. The van der Waals surface area contributed by atoms with Crippen molar-refractivity contribution in [2.45, 2.75) is 77.9 Å². The van der Waals surface area contributed by atoms with Crippen molar-refractivity contribution in [1.82, 2.24) is 10.6 Å². The third-order valence-corrected chi connectivity index (χ3v) is 4.83. The second-order valence-electron chi connectivity index (χ2n) is 6.21. The van der Waals surface area contributed by atoms with E-state index in [1.54, 1.807) is 0 Å². The first-order valence-electron chi connectivity index (χ1n) is 8.18. The second-order valence-corrected chi connectivity index (χ2v) is 6.21. The van der Waals surface area contributed by atoms with Gasteiger partial charge >= 0.3 is 5.97 Å². The maximum atomic E-state index is 11.5. The summed E-state index contributed by atoms with van der Waals surface area (Å²) in [6, 6.07) is -0.416. The molecule has 3 N–H and O–H groups in total. The van der Waals surface area contributed by atoms with E-state index in [-0.39, 0.29) is 30.4 Å². The Labute approximate surface area is 140 Å². The van der Waals surface area contributed by atoms with Crippen LogP contribution in [-0.2, 0) is 9.59 Å². The Morgan fingerprint density at radius 2 is 1.86 bits per heavy atom. The van der Waals surface area contributed by atoms with E-state index in [0.717, 1.165) is 25.7 Å². The minimum absolute atomic E-state index is 0. The van der Waals surface area contributed by atoms with Crippen molar-refractivity contribution < 1.29 is 14.7 Å². The van der Waals surface area contributed by atoms with Gasteiger partial charge in [0.25, 0.3) is 0 Å². The van der Waals surface area contributed by atoms with Crippen molar-refractivity contribution in [1.29, 1.82) is 0 Å². The van der Waals surface area contributed by atoms with E-state index in [9.17, 15) is 14.7 Å². The number of amides is 1. The summed E-state index contributed by atoms with van der Waals surface area (Å²) < 4.78 is 0. The molecular weight excluding hydrogens is 304 g/mol. The fraction of sp³-hybridized carbons (Fsp3) is 0.875. The first-order valence-corrected chi connectivity index (χ1v) is 8.18. The van der Waals surface area contributed by atoms with Crippen LogP contribution in [0.15, 0.2) is 0 Å². The lowest BCUT2D eigenvalue weighted by atomic mass is 9.85. The Bertz CT molecular complexity index is 361. The molecule has 5 nitrogen and oxygen atoms in total. The number of aliphatic carboxylic acids is 1. The van der Waals surface area contributed by atoms with Gasteiger partial charge in [0, 0.05) is 19.0 Å². The monoisotopic (exact) mass is 334 g/mol. The Balaban J connectivity index is 0.00000441. The summed E-state index contributed by atoms with van der Waals surface area (Å²) in [5.41, 5.74) is 0. The standard InChI is InChI=1S/C16H30N2O3.ClH/c1-5-11(6-2)8-13(17-10(4)19)15-12(7-3)9-14(18-15)16(20)21;/h11-15,18H,5-9H2,1-4H3,(H,17,19)(H,20,21);1H/t12-,13-,14+,15+;/m0./s1. The molecule has 0 saturated carbocycles. The van der Waals surface area contributed by atoms with Crippen LogP contribution < -0.4 is 10.6 Å². The average Bonchev–Trinajstić information content (AvgIpc) is 2.87. The van der Waals surface area contributed by atoms with Gasteiger partial charge in [-0.05, 0) is 24.7 Å². The van der Waals surface area contributed by atoms with Gasteiger partial charge in [-0.3, -0.25) is 14.9 Å². The van der Waals surface area contributed by atoms with Gasteiger partial charge in [-0.15, -0.1) is 12.4 Å². The van der Waals surface area contributed by atoms with Gasteiger partial charge in [0.2, 0.25) is 5.91 Å². The van der Waals surface area contributed by atoms with E-state index in [4.69, 9.17) is 0 Å². The van der Waals surface area contributed by atoms with Gasteiger partial charge in [0.05, 0.1) is 0 Å². The topological polar surface area (TPSA) is 78.4 Å². The van der Waals surface area contributed by atoms with Crippen LogP contribution in [0.1, 0.15) is 59.8 Å². The number of rotatable bonds is 8. The normalized spacial score (nSPS) is 25.6. The zero-order valence-electron chi connectivity index (χ0n) is 14.1. The number of carboxylic acids is 1. The summed E-state index contributed by atoms with van der Waals surface area (Å²) in [5, 5.41) is 15.5. The van der Waals surface area contributed by atoms with Crippen molar-refractivity contribution in [2.75, 3.05) is 0 Å². The Morgan fingerprint density at radius 3 is 2.27 bits per heavy atom. The Morgan fingerprint density at radius 1 is 1.27 bits per heavy atom. The first-order chi connectivity index (χ1) is 9.92. The minimum atomic E-state index is -0.792. The van der Waals surface area contributed by atoms with E-state index in [0.29, 0.717) is 18.3 Å². The highest BCUT2D eigenvalue weighted by molar-refractivity contribution is 5.85. The third-order valence-electron chi connectivity index (χ3n) is 4.83. The van der Waals surface area contributed by atoms with Crippen LogP contribution in [0.5, 0.6) is 0 Å². The zero-order valence-corrected chi connectivity index (χ0v) is 14.9. The molecule has 0 aliphatic carbocycles. The molecule has 130 valence electrons. The van der Waals surface area contributed by atoms with E-state index in [2.05, 4.69) is 31.4 Å². The lowest BCUT2D eigenvalue weighted by Crippen LogP contribution is -2.52. The second kappa shape index (κ2) is 10.1. The number of hydrogen-bond donors (Lipinski definition) is 3. The van der Waals surface area contributed by atoms with Crippen LogP contribution in [0.3, 0.4) is 0 Å². The Hall–Kier alpha value is -0.810. The van der Waals surface area contributed by atoms with Crippen molar-refractivity contribution in [3.05, 3.63) is 0 Å². The molecule has 1 rings (SSSR count). The van der Waals surface area contributed by atoms with Crippen LogP contribution in [0.25, 0.3) is 0 Å². The van der Waals surface area contributed by atoms with E-state index < -0.39 is 12.0 Å². The molecule has 0 aromatic carbocycles. The molecule has 1 fully saturated rings. The van der Waals surface area contributed by atoms with Gasteiger partial charge in [0.1, 0.15) is 6.04 Å². The molecule has 0 radical (unpaired) electrons. The lowest BCUT2D eigenvalue weighted by molar-refractivity contribution is -0.139. The molecule has 0 bridgehead atoms. The van der Waals surface area contributed by atoms with Crippen molar-refractivity contribution in [2.24, 2.45) is 11.8 Å². The molecule has 22 heavy (non-hydrogen) atoms. The molecule has 1 saturated heterocycles. The number of carbonyl (C=O) groups excluding carboxylic acids is 1. The molecule has 0 aromatic heterocycles. The predicted molar refractivity (Wildman–Crippen MR) is 90.3 cm³/mol. The summed E-state index contributed by atoms with van der Waals surface area (Å²) in [6.45, 7) is 7.95. The SMILES string of the molecule is CCC(CC)C[C@H](NC(C)=O)[C@@H]1N[C@@H](C(=O)O)C[C@@H]1CC.Cl. The fourth-order valence-corrected chi connectivity index (χ4v) is 3.46. The number of carbonyl (C=O) groups is 2. The smallest absolute Gasteiger partial charge is 0.320 e. The summed E-state index contributed by atoms with van der Waals surface area (Å²) in [7, 11) is 0. The maximum absolute atomic E-state index is 11.5. The molecular formula is C16H31ClN2O3. The quantitative estimate of drug-likeness (QED) is 0.637. The van der Waals surface area contributed by atoms with E-state index in [1.807, 2.05) is 0 Å². The van der Waals surface area contributed by atoms with Gasteiger partial charge in [-0.1, -0.05) is 40.0 Å². The average molecular weight is 335 g/mol. The minimum Gasteiger partial charge on any atom is -0.480 e. The molecule has 6 heteroatoms. The number of hydrogen-bond acceptors (Lipinski definition) is 3. The molecule has 1 heterocycles. The van der Waals surface area contributed by atoms with E-state index >= 15 is 0 Å². The van der Waals surface area contributed by atoms with Gasteiger partial charge in [-0.25, -0.2) is 0 Å². The van der Waals surface area contributed by atoms with Gasteiger partial charge < -0.3 is 10.4 Å². The highest BCUT2D eigenvalue weighted by Gasteiger charge is 2.40. The maximum Gasteiger partial charge on any atom is 0.320 e. The van der Waals surface area contributed by atoms with Crippen LogP contribution in [-0.4, -0.2) is 35.1 Å². The number of nitrogens with one attached hydrogen (secondary N) is 2. The molecule has 1 amide bonds. The summed E-state index contributed by atoms with van der Waals surface area (Å²) in [5.74, 6) is 0.0313. The lowest BCUT2D eigenvalue weighted by Gasteiger charge is -2.31. The third kappa shape index (κ3) is 5.76. The van der Waals surface area contributed by atoms with Crippen LogP contribution in [0, 0.1) is 11.8 Å². The zero-order chi connectivity index (χ0) is 16.0. The molecule has 0 spiro atoms. The Kier molecular flexibility index (Phi) is 9.69. The fourth-order valence-electron chi connectivity index (χ4n) is 3.46. The molecule has 0 aromatic rings. The molecule has 4 atom stereocenters. The summed E-state index contributed by atoms with van der Waals surface area (Å²) in [4.78, 5) is 22.8. The number of carboxylic acid groups (broad SMARTS) is 1. The van der Waals surface area contributed by atoms with Crippen LogP contribution in [0.4, 0.5) is 0 Å². The van der Waals surface area contributed by atoms with E-state index in [1.165, 1.54) is 6.92 Å².